The van der Waals surface area contributed by atoms with E-state index in [1.165, 1.54) is 5.01 Å². The molecule has 3 aliphatic rings. The van der Waals surface area contributed by atoms with E-state index in [0.717, 1.165) is 56.1 Å². The van der Waals surface area contributed by atoms with E-state index < -0.39 is 12.2 Å². The minimum atomic E-state index is -0.772. The maximum atomic E-state index is 13.8. The van der Waals surface area contributed by atoms with Gasteiger partial charge in [-0.15, -0.1) is 0 Å². The van der Waals surface area contributed by atoms with E-state index in [1.807, 2.05) is 24.3 Å². The van der Waals surface area contributed by atoms with Gasteiger partial charge in [0.15, 0.2) is 0 Å². The van der Waals surface area contributed by atoms with Crippen molar-refractivity contribution in [3.8, 4) is 11.5 Å². The van der Waals surface area contributed by atoms with Gasteiger partial charge < -0.3 is 24.4 Å². The van der Waals surface area contributed by atoms with Crippen LogP contribution in [0.5, 0.6) is 11.5 Å². The predicted octanol–water partition coefficient (Wildman–Crippen LogP) is 0.920. The van der Waals surface area contributed by atoms with Crippen LogP contribution in [0.3, 0.4) is 0 Å². The van der Waals surface area contributed by atoms with Crippen LogP contribution >= 0.6 is 0 Å². The molecule has 1 unspecified atom stereocenters. The number of aromatic hydroxyl groups is 1. The van der Waals surface area contributed by atoms with E-state index in [0.29, 0.717) is 19.6 Å². The van der Waals surface area contributed by atoms with Crippen molar-refractivity contribution in [3.05, 3.63) is 59.7 Å². The van der Waals surface area contributed by atoms with Crippen molar-refractivity contribution in [2.45, 2.75) is 31.6 Å². The van der Waals surface area contributed by atoms with Gasteiger partial charge in [-0.3, -0.25) is 24.3 Å². The molecule has 0 aromatic heterocycles. The smallest absolute Gasteiger partial charge is 0.246 e. The van der Waals surface area contributed by atoms with E-state index in [4.69, 9.17) is 9.47 Å². The standard InChI is InChI=1S/C29H37N5O6/c1-30-20-28(37)34-26(17-22-6-8-24(36)9-7-22)29(38)32(19-27(34)33(30)21-35)18-23-4-2-5-25(16-23)40-13-3-10-31-11-14-39-15-12-31/h2,4-9,16,21,26-27,36H,3,10-15,17-20H2,1H3/t26-,27?/m0/s1. The van der Waals surface area contributed by atoms with Gasteiger partial charge >= 0.3 is 0 Å². The van der Waals surface area contributed by atoms with Crippen molar-refractivity contribution < 1.29 is 29.0 Å². The molecule has 1 N–H and O–H groups in total. The van der Waals surface area contributed by atoms with Gasteiger partial charge in [0.1, 0.15) is 23.7 Å². The number of morpholine rings is 1. The summed E-state index contributed by atoms with van der Waals surface area (Å²) in [7, 11) is 1.69. The number of hydrogen-bond acceptors (Lipinski definition) is 8. The third-order valence-electron chi connectivity index (χ3n) is 7.73. The Balaban J connectivity index is 1.29. The van der Waals surface area contributed by atoms with Crippen LogP contribution in [0.2, 0.25) is 0 Å². The Kier molecular flexibility index (Phi) is 8.83. The van der Waals surface area contributed by atoms with Crippen LogP contribution < -0.4 is 4.74 Å². The zero-order valence-corrected chi connectivity index (χ0v) is 22.9. The molecule has 214 valence electrons. The van der Waals surface area contributed by atoms with Crippen LogP contribution in [0.25, 0.3) is 0 Å². The number of fused-ring (bicyclic) bond motifs is 1. The highest BCUT2D eigenvalue weighted by Gasteiger charge is 2.48. The number of amides is 3. The van der Waals surface area contributed by atoms with Crippen LogP contribution in [0.15, 0.2) is 48.5 Å². The number of ether oxygens (including phenoxy) is 2. The molecule has 3 fully saturated rings. The Hall–Kier alpha value is -3.67. The van der Waals surface area contributed by atoms with Crippen molar-refractivity contribution >= 4 is 18.2 Å². The number of likely N-dealkylation sites (N-methyl/N-ethyl adjacent to an activating group) is 1. The quantitative estimate of drug-likeness (QED) is 0.343. The number of phenolic OH excluding ortho intramolecular Hbond substituents is 1. The third kappa shape index (κ3) is 6.38. The minimum Gasteiger partial charge on any atom is -0.508 e. The molecule has 2 aromatic rings. The summed E-state index contributed by atoms with van der Waals surface area (Å²) in [5, 5.41) is 12.8. The Morgan fingerprint density at radius 3 is 2.60 bits per heavy atom. The van der Waals surface area contributed by atoms with Gasteiger partial charge in [-0.25, -0.2) is 5.01 Å². The number of benzene rings is 2. The first kappa shape index (κ1) is 27.9. The van der Waals surface area contributed by atoms with E-state index in [1.54, 1.807) is 46.1 Å². The topological polar surface area (TPSA) is 106 Å². The molecule has 2 aromatic carbocycles. The number of rotatable bonds is 10. The number of hydrogen-bond donors (Lipinski definition) is 1. The molecule has 0 aliphatic carbocycles. The molecule has 0 bridgehead atoms. The largest absolute Gasteiger partial charge is 0.508 e. The summed E-state index contributed by atoms with van der Waals surface area (Å²) in [6.07, 6.45) is 1.29. The summed E-state index contributed by atoms with van der Waals surface area (Å²) >= 11 is 0. The lowest BCUT2D eigenvalue weighted by Crippen LogP contribution is -2.74. The SMILES string of the molecule is CN1CC(=O)N2C(CN(Cc3cccc(OCCCN4CCOCC4)c3)C(=O)[C@@H]2Cc2ccc(O)cc2)N1C=O. The summed E-state index contributed by atoms with van der Waals surface area (Å²) < 4.78 is 11.4. The number of carbonyl (C=O) groups is 3. The highest BCUT2D eigenvalue weighted by molar-refractivity contribution is 5.91. The Morgan fingerprint density at radius 2 is 1.85 bits per heavy atom. The molecule has 40 heavy (non-hydrogen) atoms. The van der Waals surface area contributed by atoms with E-state index in [-0.39, 0.29) is 37.1 Å². The summed E-state index contributed by atoms with van der Waals surface area (Å²) in [4.78, 5) is 44.7. The molecule has 2 atom stereocenters. The molecule has 0 saturated carbocycles. The number of carbonyl (C=O) groups excluding carboxylic acids is 3. The van der Waals surface area contributed by atoms with Crippen LogP contribution in [0, 0.1) is 0 Å². The Labute approximate surface area is 234 Å². The van der Waals surface area contributed by atoms with Crippen LogP contribution in [0.1, 0.15) is 17.5 Å². The second-order valence-corrected chi connectivity index (χ2v) is 10.5. The molecule has 3 heterocycles. The zero-order chi connectivity index (χ0) is 28.1. The highest BCUT2D eigenvalue weighted by Crippen LogP contribution is 2.28. The Bertz CT molecular complexity index is 1190. The molecule has 3 amide bonds. The van der Waals surface area contributed by atoms with Crippen LogP contribution in [-0.4, -0.2) is 120 Å². The second kappa shape index (κ2) is 12.7. The van der Waals surface area contributed by atoms with Gasteiger partial charge in [0, 0.05) is 39.6 Å². The van der Waals surface area contributed by atoms with Crippen molar-refractivity contribution in [1.29, 1.82) is 0 Å². The van der Waals surface area contributed by atoms with Crippen LogP contribution in [0.4, 0.5) is 0 Å². The van der Waals surface area contributed by atoms with E-state index in [9.17, 15) is 19.5 Å². The summed E-state index contributed by atoms with van der Waals surface area (Å²) in [5.41, 5.74) is 1.72. The monoisotopic (exact) mass is 551 g/mol. The minimum absolute atomic E-state index is 0.0134. The Morgan fingerprint density at radius 1 is 1.07 bits per heavy atom. The zero-order valence-electron chi connectivity index (χ0n) is 22.9. The fourth-order valence-electron chi connectivity index (χ4n) is 5.64. The number of nitrogens with zero attached hydrogens (tertiary/aromatic N) is 5. The van der Waals surface area contributed by atoms with Gasteiger partial charge in [0.05, 0.1) is 32.9 Å². The summed E-state index contributed by atoms with van der Waals surface area (Å²) in [6, 6.07) is 13.6. The first-order valence-corrected chi connectivity index (χ1v) is 13.8. The third-order valence-corrected chi connectivity index (χ3v) is 7.73. The van der Waals surface area contributed by atoms with Gasteiger partial charge in [-0.05, 0) is 41.8 Å². The lowest BCUT2D eigenvalue weighted by molar-refractivity contribution is -0.196. The molecule has 5 rings (SSSR count). The van der Waals surface area contributed by atoms with Crippen LogP contribution in [-0.2, 0) is 32.1 Å². The number of hydrazine groups is 1. The van der Waals surface area contributed by atoms with Crippen molar-refractivity contribution in [1.82, 2.24) is 24.7 Å². The van der Waals surface area contributed by atoms with Crippen molar-refractivity contribution in [3.63, 3.8) is 0 Å². The fourth-order valence-corrected chi connectivity index (χ4v) is 5.64. The summed E-state index contributed by atoms with van der Waals surface area (Å²) in [5.74, 6) is 0.497. The lowest BCUT2D eigenvalue weighted by Gasteiger charge is -2.53. The lowest BCUT2D eigenvalue weighted by atomic mass is 9.98. The molecular weight excluding hydrogens is 514 g/mol. The van der Waals surface area contributed by atoms with Crippen molar-refractivity contribution in [2.75, 3.05) is 59.6 Å². The normalized spacial score (nSPS) is 22.4. The maximum absolute atomic E-state index is 13.8. The number of phenols is 1. The first-order chi connectivity index (χ1) is 19.4. The van der Waals surface area contributed by atoms with E-state index >= 15 is 0 Å². The molecule has 0 radical (unpaired) electrons. The van der Waals surface area contributed by atoms with Gasteiger partial charge in [0.25, 0.3) is 0 Å². The molecule has 3 aliphatic heterocycles. The molecule has 3 saturated heterocycles. The van der Waals surface area contributed by atoms with Gasteiger partial charge in [-0.2, -0.15) is 0 Å². The molecule has 11 heteroatoms. The maximum Gasteiger partial charge on any atom is 0.246 e. The molecule has 0 spiro atoms. The highest BCUT2D eigenvalue weighted by atomic mass is 16.5. The average molecular weight is 552 g/mol. The first-order valence-electron chi connectivity index (χ1n) is 13.8. The summed E-state index contributed by atoms with van der Waals surface area (Å²) in [6.45, 7) is 5.56. The fraction of sp³-hybridized carbons (Fsp3) is 0.483. The number of piperazine rings is 1. The van der Waals surface area contributed by atoms with Gasteiger partial charge in [0.2, 0.25) is 18.2 Å². The van der Waals surface area contributed by atoms with E-state index in [2.05, 4.69) is 4.90 Å². The average Bonchev–Trinajstić information content (AvgIpc) is 2.95. The predicted molar refractivity (Wildman–Crippen MR) is 146 cm³/mol. The molecular formula is C29H37N5O6. The molecule has 11 nitrogen and oxygen atoms in total. The van der Waals surface area contributed by atoms with Crippen molar-refractivity contribution in [2.24, 2.45) is 0 Å². The van der Waals surface area contributed by atoms with Gasteiger partial charge in [-0.1, -0.05) is 24.3 Å². The second-order valence-electron chi connectivity index (χ2n) is 10.5.